The highest BCUT2D eigenvalue weighted by molar-refractivity contribution is 5.85. The fraction of sp³-hybridized carbons (Fsp3) is 0.909. The standard InChI is InChI=1S/C11H22N2O2.ClH/c1-11(2,7-14)10(15)13-9-5-3-8(12)4-6-9;/h8-9,14H,3-7,12H2,1-2H3,(H,13,15);1H. The monoisotopic (exact) mass is 250 g/mol. The second kappa shape index (κ2) is 6.42. The summed E-state index contributed by atoms with van der Waals surface area (Å²) >= 11 is 0. The van der Waals surface area contributed by atoms with Crippen LogP contribution >= 0.6 is 12.4 Å². The molecule has 1 aliphatic rings. The number of nitrogens with one attached hydrogen (secondary N) is 1. The average molecular weight is 251 g/mol. The Balaban J connectivity index is 0.00000225. The van der Waals surface area contributed by atoms with Crippen molar-refractivity contribution in [2.24, 2.45) is 11.1 Å². The maximum Gasteiger partial charge on any atom is 0.228 e. The van der Waals surface area contributed by atoms with E-state index in [4.69, 9.17) is 10.8 Å². The van der Waals surface area contributed by atoms with Gasteiger partial charge in [-0.1, -0.05) is 0 Å². The Bertz CT molecular complexity index is 226. The summed E-state index contributed by atoms with van der Waals surface area (Å²) in [6.07, 6.45) is 3.86. The average Bonchev–Trinajstić information content (AvgIpc) is 2.21. The van der Waals surface area contributed by atoms with E-state index in [0.717, 1.165) is 25.7 Å². The van der Waals surface area contributed by atoms with E-state index >= 15 is 0 Å². The highest BCUT2D eigenvalue weighted by Crippen LogP contribution is 2.19. The van der Waals surface area contributed by atoms with Gasteiger partial charge in [0.2, 0.25) is 5.91 Å². The van der Waals surface area contributed by atoms with Crippen molar-refractivity contribution in [3.63, 3.8) is 0 Å². The van der Waals surface area contributed by atoms with Gasteiger partial charge in [-0.15, -0.1) is 12.4 Å². The van der Waals surface area contributed by atoms with Crippen molar-refractivity contribution in [1.82, 2.24) is 5.32 Å². The minimum Gasteiger partial charge on any atom is -0.395 e. The van der Waals surface area contributed by atoms with Crippen molar-refractivity contribution < 1.29 is 9.90 Å². The number of amides is 1. The highest BCUT2D eigenvalue weighted by atomic mass is 35.5. The minimum atomic E-state index is -0.681. The van der Waals surface area contributed by atoms with Crippen LogP contribution in [0.25, 0.3) is 0 Å². The summed E-state index contributed by atoms with van der Waals surface area (Å²) in [5.74, 6) is -0.0644. The molecule has 0 bridgehead atoms. The van der Waals surface area contributed by atoms with Gasteiger partial charge in [0.25, 0.3) is 0 Å². The molecule has 0 unspecified atom stereocenters. The van der Waals surface area contributed by atoms with Crippen molar-refractivity contribution in [1.29, 1.82) is 0 Å². The van der Waals surface area contributed by atoms with Crippen LogP contribution in [0.3, 0.4) is 0 Å². The Hall–Kier alpha value is -0.320. The Morgan fingerprint density at radius 3 is 2.31 bits per heavy atom. The van der Waals surface area contributed by atoms with Crippen LogP contribution in [0.4, 0.5) is 0 Å². The van der Waals surface area contributed by atoms with Gasteiger partial charge in [-0.2, -0.15) is 0 Å². The van der Waals surface area contributed by atoms with E-state index in [1.165, 1.54) is 0 Å². The Morgan fingerprint density at radius 2 is 1.88 bits per heavy atom. The molecule has 4 N–H and O–H groups in total. The fourth-order valence-corrected chi connectivity index (χ4v) is 1.72. The number of hydrogen-bond donors (Lipinski definition) is 3. The molecular weight excluding hydrogens is 228 g/mol. The molecule has 1 rings (SSSR count). The molecule has 96 valence electrons. The number of carbonyl (C=O) groups is 1. The lowest BCUT2D eigenvalue weighted by atomic mass is 9.89. The van der Waals surface area contributed by atoms with Crippen LogP contribution in [0.1, 0.15) is 39.5 Å². The second-order valence-electron chi connectivity index (χ2n) is 5.13. The van der Waals surface area contributed by atoms with E-state index in [-0.39, 0.29) is 31.0 Å². The van der Waals surface area contributed by atoms with E-state index < -0.39 is 5.41 Å². The molecular formula is C11H23ClN2O2. The summed E-state index contributed by atoms with van der Waals surface area (Å²) in [5, 5.41) is 12.0. The van der Waals surface area contributed by atoms with Gasteiger partial charge in [0.05, 0.1) is 12.0 Å². The largest absolute Gasteiger partial charge is 0.395 e. The lowest BCUT2D eigenvalue weighted by Gasteiger charge is -2.30. The summed E-state index contributed by atoms with van der Waals surface area (Å²) in [7, 11) is 0. The molecule has 0 atom stereocenters. The first-order chi connectivity index (χ1) is 6.95. The first kappa shape index (κ1) is 15.7. The van der Waals surface area contributed by atoms with Gasteiger partial charge in [-0.25, -0.2) is 0 Å². The zero-order chi connectivity index (χ0) is 11.5. The topological polar surface area (TPSA) is 75.3 Å². The molecule has 0 saturated heterocycles. The molecule has 0 heterocycles. The smallest absolute Gasteiger partial charge is 0.228 e. The lowest BCUT2D eigenvalue weighted by Crippen LogP contribution is -2.46. The highest BCUT2D eigenvalue weighted by Gasteiger charge is 2.29. The third-order valence-corrected chi connectivity index (χ3v) is 3.12. The van der Waals surface area contributed by atoms with E-state index in [1.54, 1.807) is 13.8 Å². The molecule has 1 aliphatic carbocycles. The van der Waals surface area contributed by atoms with Gasteiger partial charge in [0, 0.05) is 12.1 Å². The fourth-order valence-electron chi connectivity index (χ4n) is 1.72. The molecule has 0 aliphatic heterocycles. The van der Waals surface area contributed by atoms with E-state index in [9.17, 15) is 4.79 Å². The zero-order valence-electron chi connectivity index (χ0n) is 10.0. The normalized spacial score (nSPS) is 25.8. The van der Waals surface area contributed by atoms with E-state index in [2.05, 4.69) is 5.32 Å². The molecule has 4 nitrogen and oxygen atoms in total. The Kier molecular flexibility index (Phi) is 6.30. The van der Waals surface area contributed by atoms with Crippen molar-refractivity contribution >= 4 is 18.3 Å². The molecule has 0 aromatic rings. The van der Waals surface area contributed by atoms with Gasteiger partial charge in [0.15, 0.2) is 0 Å². The number of hydrogen-bond acceptors (Lipinski definition) is 3. The van der Waals surface area contributed by atoms with E-state index in [0.29, 0.717) is 6.04 Å². The van der Waals surface area contributed by atoms with Crippen LogP contribution < -0.4 is 11.1 Å². The maximum absolute atomic E-state index is 11.7. The Labute approximate surface area is 103 Å². The van der Waals surface area contributed by atoms with Crippen LogP contribution in [0.15, 0.2) is 0 Å². The number of nitrogens with two attached hydrogens (primary N) is 1. The predicted molar refractivity (Wildman–Crippen MR) is 66.5 cm³/mol. The third-order valence-electron chi connectivity index (χ3n) is 3.12. The molecule has 0 aromatic heterocycles. The quantitative estimate of drug-likeness (QED) is 0.694. The first-order valence-corrected chi connectivity index (χ1v) is 5.63. The number of aliphatic hydroxyl groups excluding tert-OH is 1. The summed E-state index contributed by atoms with van der Waals surface area (Å²) in [5.41, 5.74) is 5.11. The first-order valence-electron chi connectivity index (χ1n) is 5.63. The van der Waals surface area contributed by atoms with Crippen molar-refractivity contribution in [3.05, 3.63) is 0 Å². The minimum absolute atomic E-state index is 0. The van der Waals surface area contributed by atoms with Crippen LogP contribution in [-0.2, 0) is 4.79 Å². The number of carbonyl (C=O) groups excluding carboxylic acids is 1. The van der Waals surface area contributed by atoms with Crippen LogP contribution in [0.5, 0.6) is 0 Å². The molecule has 0 radical (unpaired) electrons. The summed E-state index contributed by atoms with van der Waals surface area (Å²) in [4.78, 5) is 11.7. The van der Waals surface area contributed by atoms with Gasteiger partial charge >= 0.3 is 0 Å². The third kappa shape index (κ3) is 4.28. The molecule has 16 heavy (non-hydrogen) atoms. The SMILES string of the molecule is CC(C)(CO)C(=O)NC1CCC(N)CC1.Cl. The van der Waals surface area contributed by atoms with Crippen LogP contribution in [0.2, 0.25) is 0 Å². The predicted octanol–water partition coefficient (Wildman–Crippen LogP) is 0.813. The molecule has 1 saturated carbocycles. The zero-order valence-corrected chi connectivity index (χ0v) is 10.8. The van der Waals surface area contributed by atoms with Gasteiger partial charge in [0.1, 0.15) is 0 Å². The van der Waals surface area contributed by atoms with Gasteiger partial charge in [-0.05, 0) is 39.5 Å². The molecule has 0 aromatic carbocycles. The number of aliphatic hydroxyl groups is 1. The Morgan fingerprint density at radius 1 is 1.38 bits per heavy atom. The molecule has 1 fully saturated rings. The maximum atomic E-state index is 11.7. The summed E-state index contributed by atoms with van der Waals surface area (Å²) in [6.45, 7) is 3.37. The van der Waals surface area contributed by atoms with Crippen molar-refractivity contribution in [2.75, 3.05) is 6.61 Å². The van der Waals surface area contributed by atoms with Crippen LogP contribution in [-0.4, -0.2) is 29.7 Å². The second-order valence-corrected chi connectivity index (χ2v) is 5.13. The number of halogens is 1. The summed E-state index contributed by atoms with van der Waals surface area (Å²) in [6, 6.07) is 0.534. The van der Waals surface area contributed by atoms with Gasteiger partial charge < -0.3 is 16.2 Å². The number of rotatable bonds is 3. The van der Waals surface area contributed by atoms with E-state index in [1.807, 2.05) is 0 Å². The van der Waals surface area contributed by atoms with Gasteiger partial charge in [-0.3, -0.25) is 4.79 Å². The van der Waals surface area contributed by atoms with Crippen molar-refractivity contribution in [2.45, 2.75) is 51.6 Å². The molecule has 0 spiro atoms. The molecule has 5 heteroatoms. The lowest BCUT2D eigenvalue weighted by molar-refractivity contribution is -0.132. The van der Waals surface area contributed by atoms with Crippen LogP contribution in [0, 0.1) is 5.41 Å². The van der Waals surface area contributed by atoms with Crippen molar-refractivity contribution in [3.8, 4) is 0 Å². The summed E-state index contributed by atoms with van der Waals surface area (Å²) < 4.78 is 0. The molecule has 1 amide bonds.